The summed E-state index contributed by atoms with van der Waals surface area (Å²) in [5, 5.41) is 5.91. The molecule has 1 amide bonds. The maximum Gasteiger partial charge on any atom is 0.225 e. The van der Waals surface area contributed by atoms with Crippen molar-refractivity contribution in [2.75, 3.05) is 18.9 Å². The Kier molecular flexibility index (Phi) is 4.20. The minimum absolute atomic E-state index is 0.0319. The number of nitrogens with zero attached hydrogens (tertiary/aromatic N) is 2. The number of carbonyl (C=O) groups is 1. The highest BCUT2D eigenvalue weighted by molar-refractivity contribution is 5.93. The van der Waals surface area contributed by atoms with Crippen molar-refractivity contribution in [1.82, 2.24) is 14.9 Å². The number of anilines is 1. The van der Waals surface area contributed by atoms with Crippen molar-refractivity contribution in [2.24, 2.45) is 0 Å². The number of imidazole rings is 1. The van der Waals surface area contributed by atoms with Gasteiger partial charge >= 0.3 is 0 Å². The Morgan fingerprint density at radius 2 is 2.24 bits per heavy atom. The summed E-state index contributed by atoms with van der Waals surface area (Å²) >= 11 is 0. The average Bonchev–Trinajstić information content (AvgIpc) is 2.66. The number of fused-ring (bicyclic) bond motifs is 3. The molecule has 2 heterocycles. The number of aromatic nitrogens is 2. The predicted octanol–water partition coefficient (Wildman–Crippen LogP) is 2.31. The number of amides is 1. The molecular formula is C16H22N4O. The van der Waals surface area contributed by atoms with Gasteiger partial charge in [-0.2, -0.15) is 0 Å². The minimum Gasteiger partial charge on any atom is -0.328 e. The molecule has 1 aliphatic rings. The summed E-state index contributed by atoms with van der Waals surface area (Å²) in [6, 6.07) is 6.03. The third-order valence-electron chi connectivity index (χ3n) is 4.00. The second-order valence-electron chi connectivity index (χ2n) is 5.60. The summed E-state index contributed by atoms with van der Waals surface area (Å²) in [7, 11) is 1.84. The molecule has 0 atom stereocenters. The first-order valence-corrected chi connectivity index (χ1v) is 7.71. The molecule has 2 N–H and O–H groups in total. The average molecular weight is 286 g/mol. The van der Waals surface area contributed by atoms with Crippen LogP contribution < -0.4 is 10.6 Å². The van der Waals surface area contributed by atoms with Crippen LogP contribution in [0.3, 0.4) is 0 Å². The molecule has 112 valence electrons. The molecule has 21 heavy (non-hydrogen) atoms. The molecule has 1 aliphatic heterocycles. The van der Waals surface area contributed by atoms with Crippen LogP contribution in [0.4, 0.5) is 5.69 Å². The Labute approximate surface area is 124 Å². The fraction of sp³-hybridized carbons (Fsp3) is 0.500. The van der Waals surface area contributed by atoms with Crippen molar-refractivity contribution in [3.05, 3.63) is 24.0 Å². The highest BCUT2D eigenvalue weighted by Crippen LogP contribution is 2.24. The molecule has 2 aromatic rings. The Morgan fingerprint density at radius 1 is 1.33 bits per heavy atom. The Hall–Kier alpha value is -1.88. The molecule has 0 spiro atoms. The normalized spacial score (nSPS) is 14.7. The van der Waals surface area contributed by atoms with E-state index in [-0.39, 0.29) is 5.91 Å². The van der Waals surface area contributed by atoms with E-state index in [1.165, 1.54) is 30.6 Å². The zero-order valence-electron chi connectivity index (χ0n) is 12.5. The lowest BCUT2D eigenvalue weighted by molar-refractivity contribution is -0.116. The second-order valence-corrected chi connectivity index (χ2v) is 5.60. The van der Waals surface area contributed by atoms with Gasteiger partial charge in [0.2, 0.25) is 5.91 Å². The van der Waals surface area contributed by atoms with Gasteiger partial charge in [-0.3, -0.25) is 4.79 Å². The van der Waals surface area contributed by atoms with Crippen LogP contribution in [0.1, 0.15) is 31.5 Å². The SMILES string of the molecule is CNCCC(=O)Nc1ccc2c(c1)nc1n2CCCCC1. The van der Waals surface area contributed by atoms with Gasteiger partial charge in [0.05, 0.1) is 11.0 Å². The first-order chi connectivity index (χ1) is 10.3. The monoisotopic (exact) mass is 286 g/mol. The molecule has 1 aromatic carbocycles. The molecular weight excluding hydrogens is 264 g/mol. The van der Waals surface area contributed by atoms with Gasteiger partial charge in [-0.05, 0) is 38.1 Å². The van der Waals surface area contributed by atoms with Crippen molar-refractivity contribution >= 4 is 22.6 Å². The van der Waals surface area contributed by atoms with E-state index in [9.17, 15) is 4.79 Å². The molecule has 0 radical (unpaired) electrons. The van der Waals surface area contributed by atoms with E-state index >= 15 is 0 Å². The van der Waals surface area contributed by atoms with Crippen LogP contribution in [-0.2, 0) is 17.8 Å². The van der Waals surface area contributed by atoms with Gasteiger partial charge in [0.25, 0.3) is 0 Å². The smallest absolute Gasteiger partial charge is 0.225 e. The summed E-state index contributed by atoms with van der Waals surface area (Å²) in [5.74, 6) is 1.21. The van der Waals surface area contributed by atoms with Gasteiger partial charge in [0, 0.05) is 31.6 Å². The van der Waals surface area contributed by atoms with Crippen LogP contribution in [0.2, 0.25) is 0 Å². The van der Waals surface area contributed by atoms with E-state index in [2.05, 4.69) is 21.3 Å². The van der Waals surface area contributed by atoms with E-state index in [1.807, 2.05) is 19.2 Å². The lowest BCUT2D eigenvalue weighted by atomic mass is 10.2. The Morgan fingerprint density at radius 3 is 3.10 bits per heavy atom. The molecule has 5 nitrogen and oxygen atoms in total. The summed E-state index contributed by atoms with van der Waals surface area (Å²) in [4.78, 5) is 16.5. The standard InChI is InChI=1S/C16H22N4O/c1-17-9-8-16(21)18-12-6-7-14-13(11-12)19-15-5-3-2-4-10-20(14)15/h6-7,11,17H,2-5,8-10H2,1H3,(H,18,21). The number of aryl methyl sites for hydroxylation is 2. The molecule has 0 saturated carbocycles. The number of carbonyl (C=O) groups excluding carboxylic acids is 1. The molecule has 1 aromatic heterocycles. The van der Waals surface area contributed by atoms with E-state index in [0.29, 0.717) is 13.0 Å². The molecule has 5 heteroatoms. The van der Waals surface area contributed by atoms with Gasteiger partial charge in [-0.15, -0.1) is 0 Å². The van der Waals surface area contributed by atoms with Crippen LogP contribution in [-0.4, -0.2) is 29.1 Å². The van der Waals surface area contributed by atoms with E-state index in [4.69, 9.17) is 4.98 Å². The van der Waals surface area contributed by atoms with Crippen LogP contribution >= 0.6 is 0 Å². The van der Waals surface area contributed by atoms with Crippen molar-refractivity contribution in [2.45, 2.75) is 38.6 Å². The summed E-state index contributed by atoms with van der Waals surface area (Å²) in [6.45, 7) is 1.74. The summed E-state index contributed by atoms with van der Waals surface area (Å²) in [5.41, 5.74) is 3.00. The number of rotatable bonds is 4. The van der Waals surface area contributed by atoms with Crippen molar-refractivity contribution in [1.29, 1.82) is 0 Å². The lowest BCUT2D eigenvalue weighted by Crippen LogP contribution is -2.18. The van der Waals surface area contributed by atoms with Gasteiger partial charge < -0.3 is 15.2 Å². The quantitative estimate of drug-likeness (QED) is 0.907. The minimum atomic E-state index is 0.0319. The van der Waals surface area contributed by atoms with Crippen molar-refractivity contribution in [3.63, 3.8) is 0 Å². The number of nitrogens with one attached hydrogen (secondary N) is 2. The van der Waals surface area contributed by atoms with Crippen molar-refractivity contribution in [3.8, 4) is 0 Å². The largest absolute Gasteiger partial charge is 0.328 e. The topological polar surface area (TPSA) is 59.0 Å². The second kappa shape index (κ2) is 6.26. The fourth-order valence-corrected chi connectivity index (χ4v) is 2.89. The van der Waals surface area contributed by atoms with E-state index in [0.717, 1.165) is 24.2 Å². The molecule has 0 bridgehead atoms. The summed E-state index contributed by atoms with van der Waals surface area (Å²) in [6.07, 6.45) is 5.26. The van der Waals surface area contributed by atoms with Crippen LogP contribution in [0.5, 0.6) is 0 Å². The number of hydrogen-bond donors (Lipinski definition) is 2. The van der Waals surface area contributed by atoms with E-state index < -0.39 is 0 Å². The lowest BCUT2D eigenvalue weighted by Gasteiger charge is -2.06. The molecule has 0 aliphatic carbocycles. The zero-order chi connectivity index (χ0) is 14.7. The highest BCUT2D eigenvalue weighted by atomic mass is 16.1. The van der Waals surface area contributed by atoms with Gasteiger partial charge in [-0.25, -0.2) is 4.98 Å². The molecule has 3 rings (SSSR count). The number of benzene rings is 1. The van der Waals surface area contributed by atoms with Crippen LogP contribution in [0.25, 0.3) is 11.0 Å². The highest BCUT2D eigenvalue weighted by Gasteiger charge is 2.14. The van der Waals surface area contributed by atoms with Gasteiger partial charge in [-0.1, -0.05) is 6.42 Å². The van der Waals surface area contributed by atoms with Gasteiger partial charge in [0.15, 0.2) is 0 Å². The summed E-state index contributed by atoms with van der Waals surface area (Å²) < 4.78 is 2.33. The maximum atomic E-state index is 11.8. The third-order valence-corrected chi connectivity index (χ3v) is 4.00. The fourth-order valence-electron chi connectivity index (χ4n) is 2.89. The Balaban J connectivity index is 1.82. The molecule has 0 saturated heterocycles. The van der Waals surface area contributed by atoms with Crippen LogP contribution in [0.15, 0.2) is 18.2 Å². The first-order valence-electron chi connectivity index (χ1n) is 7.71. The third kappa shape index (κ3) is 3.08. The van der Waals surface area contributed by atoms with Crippen LogP contribution in [0, 0.1) is 0 Å². The van der Waals surface area contributed by atoms with Crippen molar-refractivity contribution < 1.29 is 4.79 Å². The van der Waals surface area contributed by atoms with E-state index in [1.54, 1.807) is 0 Å². The maximum absolute atomic E-state index is 11.8. The molecule has 0 unspecified atom stereocenters. The first kappa shape index (κ1) is 14.1. The molecule has 0 fully saturated rings. The van der Waals surface area contributed by atoms with Gasteiger partial charge in [0.1, 0.15) is 5.82 Å². The number of hydrogen-bond acceptors (Lipinski definition) is 3. The zero-order valence-corrected chi connectivity index (χ0v) is 12.5. The predicted molar refractivity (Wildman–Crippen MR) is 84.5 cm³/mol. The Bertz CT molecular complexity index is 647.